The van der Waals surface area contributed by atoms with Gasteiger partial charge in [0.2, 0.25) is 0 Å². The molecule has 0 aliphatic carbocycles. The Morgan fingerprint density at radius 2 is 2.17 bits per heavy atom. The van der Waals surface area contributed by atoms with E-state index in [9.17, 15) is 5.11 Å². The zero-order valence-electron chi connectivity index (χ0n) is 12.0. The lowest BCUT2D eigenvalue weighted by molar-refractivity contribution is -0.0514. The van der Waals surface area contributed by atoms with E-state index in [1.54, 1.807) is 7.11 Å². The molecule has 0 radical (unpaired) electrons. The molecule has 0 spiro atoms. The molecule has 1 heterocycles. The Hall–Kier alpha value is -0.200. The van der Waals surface area contributed by atoms with Gasteiger partial charge in [-0.05, 0) is 20.8 Å². The monoisotopic (exact) mass is 261 g/mol. The maximum atomic E-state index is 9.78. The fourth-order valence-corrected chi connectivity index (χ4v) is 1.83. The second-order valence-corrected chi connectivity index (χ2v) is 5.90. The standard InChI is InChI=1S/C13H27NO4/c1-12(2,3)18-8-11(15)7-14-9-13(16-4)5-6-17-10-13/h11,14-15H,5-10H2,1-4H3. The van der Waals surface area contributed by atoms with Crippen molar-refractivity contribution in [2.24, 2.45) is 0 Å². The largest absolute Gasteiger partial charge is 0.389 e. The number of rotatable bonds is 7. The van der Waals surface area contributed by atoms with Crippen LogP contribution in [0.1, 0.15) is 27.2 Å². The van der Waals surface area contributed by atoms with E-state index in [-0.39, 0.29) is 11.2 Å². The third-order valence-electron chi connectivity index (χ3n) is 3.04. The van der Waals surface area contributed by atoms with E-state index in [2.05, 4.69) is 5.32 Å². The van der Waals surface area contributed by atoms with Crippen LogP contribution in [0, 0.1) is 0 Å². The van der Waals surface area contributed by atoms with E-state index < -0.39 is 6.10 Å². The zero-order chi connectivity index (χ0) is 13.6. The predicted molar refractivity (Wildman–Crippen MR) is 69.8 cm³/mol. The summed E-state index contributed by atoms with van der Waals surface area (Å²) in [6.45, 7) is 8.81. The van der Waals surface area contributed by atoms with Crippen LogP contribution in [0.5, 0.6) is 0 Å². The van der Waals surface area contributed by atoms with Crippen LogP contribution in [0.15, 0.2) is 0 Å². The molecule has 0 aromatic heterocycles. The van der Waals surface area contributed by atoms with Crippen molar-refractivity contribution in [2.75, 3.05) is 40.0 Å². The molecular formula is C13H27NO4. The number of hydrogen-bond donors (Lipinski definition) is 2. The van der Waals surface area contributed by atoms with Gasteiger partial charge in [0.05, 0.1) is 24.9 Å². The summed E-state index contributed by atoms with van der Waals surface area (Å²) in [5.41, 5.74) is -0.446. The number of hydrogen-bond acceptors (Lipinski definition) is 5. The number of aliphatic hydroxyl groups excluding tert-OH is 1. The Morgan fingerprint density at radius 3 is 2.67 bits per heavy atom. The molecule has 1 saturated heterocycles. The molecule has 0 aromatic carbocycles. The molecule has 2 atom stereocenters. The summed E-state index contributed by atoms with van der Waals surface area (Å²) < 4.78 is 16.4. The van der Waals surface area contributed by atoms with Gasteiger partial charge in [-0.1, -0.05) is 0 Å². The molecule has 1 rings (SSSR count). The molecule has 18 heavy (non-hydrogen) atoms. The topological polar surface area (TPSA) is 60.0 Å². The van der Waals surface area contributed by atoms with Crippen LogP contribution in [-0.2, 0) is 14.2 Å². The van der Waals surface area contributed by atoms with E-state index in [1.807, 2.05) is 20.8 Å². The lowest BCUT2D eigenvalue weighted by Gasteiger charge is -2.27. The summed E-state index contributed by atoms with van der Waals surface area (Å²) in [7, 11) is 1.70. The highest BCUT2D eigenvalue weighted by Crippen LogP contribution is 2.21. The average Bonchev–Trinajstić information content (AvgIpc) is 2.75. The number of aliphatic hydroxyl groups is 1. The lowest BCUT2D eigenvalue weighted by atomic mass is 10.0. The number of methoxy groups -OCH3 is 1. The molecule has 0 amide bonds. The highest BCUT2D eigenvalue weighted by molar-refractivity contribution is 4.87. The number of nitrogens with one attached hydrogen (secondary N) is 1. The average molecular weight is 261 g/mol. The van der Waals surface area contributed by atoms with Gasteiger partial charge in [0.15, 0.2) is 0 Å². The Balaban J connectivity index is 2.16. The van der Waals surface area contributed by atoms with Gasteiger partial charge in [-0.15, -0.1) is 0 Å². The Morgan fingerprint density at radius 1 is 1.44 bits per heavy atom. The van der Waals surface area contributed by atoms with Gasteiger partial charge in [0, 0.05) is 33.2 Å². The number of ether oxygens (including phenoxy) is 3. The summed E-state index contributed by atoms with van der Waals surface area (Å²) in [5.74, 6) is 0. The van der Waals surface area contributed by atoms with Gasteiger partial charge in [0.1, 0.15) is 5.60 Å². The molecule has 0 bridgehead atoms. The van der Waals surface area contributed by atoms with Crippen molar-refractivity contribution in [3.05, 3.63) is 0 Å². The Kier molecular flexibility index (Phi) is 6.01. The second kappa shape index (κ2) is 6.82. The van der Waals surface area contributed by atoms with Crippen LogP contribution in [0.4, 0.5) is 0 Å². The molecule has 0 saturated carbocycles. The maximum absolute atomic E-state index is 9.78. The molecule has 2 unspecified atom stereocenters. The Bertz CT molecular complexity index is 234. The summed E-state index contributed by atoms with van der Waals surface area (Å²) in [6.07, 6.45) is 0.394. The molecule has 5 heteroatoms. The normalized spacial score (nSPS) is 26.5. The van der Waals surface area contributed by atoms with Crippen molar-refractivity contribution in [3.63, 3.8) is 0 Å². The van der Waals surface area contributed by atoms with E-state index in [1.165, 1.54) is 0 Å². The van der Waals surface area contributed by atoms with Crippen LogP contribution in [-0.4, -0.2) is 62.4 Å². The van der Waals surface area contributed by atoms with Gasteiger partial charge in [-0.25, -0.2) is 0 Å². The highest BCUT2D eigenvalue weighted by Gasteiger charge is 2.34. The van der Waals surface area contributed by atoms with E-state index >= 15 is 0 Å². The molecule has 1 fully saturated rings. The SMILES string of the molecule is COC1(CNCC(O)COC(C)(C)C)CCOC1. The van der Waals surface area contributed by atoms with E-state index in [4.69, 9.17) is 14.2 Å². The van der Waals surface area contributed by atoms with Crippen LogP contribution in [0.2, 0.25) is 0 Å². The molecule has 108 valence electrons. The summed E-state index contributed by atoms with van der Waals surface area (Å²) in [5, 5.41) is 13.0. The fourth-order valence-electron chi connectivity index (χ4n) is 1.83. The maximum Gasteiger partial charge on any atom is 0.106 e. The first kappa shape index (κ1) is 15.9. The zero-order valence-corrected chi connectivity index (χ0v) is 12.0. The first-order valence-corrected chi connectivity index (χ1v) is 6.52. The third kappa shape index (κ3) is 5.63. The van der Waals surface area contributed by atoms with Crippen molar-refractivity contribution in [1.29, 1.82) is 0 Å². The van der Waals surface area contributed by atoms with Crippen molar-refractivity contribution in [2.45, 2.75) is 44.5 Å². The van der Waals surface area contributed by atoms with E-state index in [0.29, 0.717) is 26.3 Å². The van der Waals surface area contributed by atoms with Gasteiger partial charge in [-0.2, -0.15) is 0 Å². The predicted octanol–water partition coefficient (Wildman–Crippen LogP) is 0.558. The minimum atomic E-state index is -0.500. The van der Waals surface area contributed by atoms with E-state index in [0.717, 1.165) is 13.0 Å². The summed E-state index contributed by atoms with van der Waals surface area (Å²) >= 11 is 0. The summed E-state index contributed by atoms with van der Waals surface area (Å²) in [4.78, 5) is 0. The van der Waals surface area contributed by atoms with Gasteiger partial charge in [0.25, 0.3) is 0 Å². The molecule has 5 nitrogen and oxygen atoms in total. The minimum absolute atomic E-state index is 0.214. The molecule has 1 aliphatic rings. The second-order valence-electron chi connectivity index (χ2n) is 5.90. The third-order valence-corrected chi connectivity index (χ3v) is 3.04. The molecule has 1 aliphatic heterocycles. The van der Waals surface area contributed by atoms with Crippen LogP contribution >= 0.6 is 0 Å². The van der Waals surface area contributed by atoms with Crippen molar-refractivity contribution < 1.29 is 19.3 Å². The van der Waals surface area contributed by atoms with Crippen LogP contribution < -0.4 is 5.32 Å². The van der Waals surface area contributed by atoms with Crippen molar-refractivity contribution in [1.82, 2.24) is 5.32 Å². The Labute approximate surface area is 110 Å². The quantitative estimate of drug-likeness (QED) is 0.701. The fraction of sp³-hybridized carbons (Fsp3) is 1.00. The van der Waals surface area contributed by atoms with Crippen LogP contribution in [0.25, 0.3) is 0 Å². The molecule has 0 aromatic rings. The smallest absolute Gasteiger partial charge is 0.106 e. The first-order chi connectivity index (χ1) is 8.37. The first-order valence-electron chi connectivity index (χ1n) is 6.52. The van der Waals surface area contributed by atoms with Gasteiger partial charge >= 0.3 is 0 Å². The van der Waals surface area contributed by atoms with Crippen LogP contribution in [0.3, 0.4) is 0 Å². The molecule has 2 N–H and O–H groups in total. The minimum Gasteiger partial charge on any atom is -0.389 e. The lowest BCUT2D eigenvalue weighted by Crippen LogP contribution is -2.45. The molecular weight excluding hydrogens is 234 g/mol. The summed E-state index contributed by atoms with van der Waals surface area (Å²) in [6, 6.07) is 0. The van der Waals surface area contributed by atoms with Gasteiger partial charge in [-0.3, -0.25) is 0 Å². The highest BCUT2D eigenvalue weighted by atomic mass is 16.5. The van der Waals surface area contributed by atoms with Crippen molar-refractivity contribution >= 4 is 0 Å². The van der Waals surface area contributed by atoms with Gasteiger partial charge < -0.3 is 24.6 Å². The van der Waals surface area contributed by atoms with Crippen molar-refractivity contribution in [3.8, 4) is 0 Å².